The van der Waals surface area contributed by atoms with E-state index >= 15 is 0 Å². The predicted molar refractivity (Wildman–Crippen MR) is 49.9 cm³/mol. The molecule has 0 radical (unpaired) electrons. The molecule has 0 aromatic rings. The molecule has 0 aromatic heterocycles. The van der Waals surface area contributed by atoms with Crippen molar-refractivity contribution in [3.8, 4) is 0 Å². The maximum absolute atomic E-state index is 11.3. The Bertz CT molecular complexity index is 155. The minimum atomic E-state index is 0.103. The molecule has 1 amide bonds. The van der Waals surface area contributed by atoms with Gasteiger partial charge < -0.3 is 0 Å². The second kappa shape index (κ2) is 4.72. The lowest BCUT2D eigenvalue weighted by Gasteiger charge is -2.13. The Hall–Kier alpha value is -0.220. The molecule has 0 spiro atoms. The summed E-state index contributed by atoms with van der Waals surface area (Å²) >= 11 is 1.65. The molecule has 1 saturated heterocycles. The Morgan fingerprint density at radius 1 is 1.67 bits per heavy atom. The molecule has 3 nitrogen and oxygen atoms in total. The molecule has 0 aliphatic carbocycles. The largest absolute Gasteiger partial charge is 0.272 e. The first-order valence-corrected chi connectivity index (χ1v) is 5.30. The highest BCUT2D eigenvalue weighted by atomic mass is 32.2. The topological polar surface area (TPSA) is 29.5 Å². The molecule has 0 N–H and O–H groups in total. The summed E-state index contributed by atoms with van der Waals surface area (Å²) < 4.78 is 0. The minimum absolute atomic E-state index is 0.103. The number of carbonyl (C=O) groups is 1. The van der Waals surface area contributed by atoms with Crippen molar-refractivity contribution in [3.05, 3.63) is 0 Å². The van der Waals surface area contributed by atoms with Gasteiger partial charge in [0.05, 0.1) is 18.9 Å². The van der Waals surface area contributed by atoms with Gasteiger partial charge in [-0.25, -0.2) is 5.06 Å². The molecule has 0 unspecified atom stereocenters. The Morgan fingerprint density at radius 3 is 2.92 bits per heavy atom. The molecule has 1 fully saturated rings. The second-order valence-corrected chi connectivity index (χ2v) is 4.61. The van der Waals surface area contributed by atoms with Crippen molar-refractivity contribution < 1.29 is 9.63 Å². The van der Waals surface area contributed by atoms with E-state index in [1.165, 1.54) is 5.06 Å². The lowest BCUT2D eigenvalue weighted by atomic mass is 10.5. The van der Waals surface area contributed by atoms with Crippen molar-refractivity contribution >= 4 is 17.7 Å². The number of thioether (sulfide) groups is 1. The van der Waals surface area contributed by atoms with E-state index in [-0.39, 0.29) is 5.91 Å². The fraction of sp³-hybridized carbons (Fsp3) is 0.875. The monoisotopic (exact) mass is 189 g/mol. The summed E-state index contributed by atoms with van der Waals surface area (Å²) in [5, 5.41) is 1.99. The van der Waals surface area contributed by atoms with Crippen LogP contribution in [-0.4, -0.2) is 35.1 Å². The van der Waals surface area contributed by atoms with Gasteiger partial charge in [-0.1, -0.05) is 13.8 Å². The first kappa shape index (κ1) is 9.86. The van der Waals surface area contributed by atoms with Crippen molar-refractivity contribution in [2.24, 2.45) is 0 Å². The number of rotatable bonds is 3. The zero-order valence-electron chi connectivity index (χ0n) is 7.58. The smallest absolute Gasteiger partial charge is 0.256 e. The van der Waals surface area contributed by atoms with Crippen molar-refractivity contribution in [1.82, 2.24) is 5.06 Å². The van der Waals surface area contributed by atoms with E-state index < -0.39 is 0 Å². The van der Waals surface area contributed by atoms with Crippen LogP contribution in [0.1, 0.15) is 20.3 Å². The van der Waals surface area contributed by atoms with Crippen LogP contribution in [-0.2, 0) is 9.63 Å². The fourth-order valence-electron chi connectivity index (χ4n) is 0.954. The van der Waals surface area contributed by atoms with Crippen LogP contribution in [0.25, 0.3) is 0 Å². The number of hydrogen-bond acceptors (Lipinski definition) is 3. The van der Waals surface area contributed by atoms with Gasteiger partial charge in [0.15, 0.2) is 0 Å². The van der Waals surface area contributed by atoms with Crippen molar-refractivity contribution in [1.29, 1.82) is 0 Å². The second-order valence-electron chi connectivity index (χ2n) is 3.04. The molecule has 4 heteroatoms. The Labute approximate surface area is 77.4 Å². The summed E-state index contributed by atoms with van der Waals surface area (Å²) in [6.07, 6.45) is 0.970. The molecular weight excluding hydrogens is 174 g/mol. The average Bonchev–Trinajstić information content (AvgIpc) is 2.51. The molecule has 0 saturated carbocycles. The summed E-state index contributed by atoms with van der Waals surface area (Å²) in [5.41, 5.74) is 0. The predicted octanol–water partition coefficient (Wildman–Crippen LogP) is 1.29. The maximum atomic E-state index is 11.3. The molecule has 0 aromatic carbocycles. The molecule has 1 rings (SSSR count). The zero-order chi connectivity index (χ0) is 8.97. The molecule has 12 heavy (non-hydrogen) atoms. The number of nitrogens with zero attached hydrogens (tertiary/aromatic N) is 1. The lowest BCUT2D eigenvalue weighted by molar-refractivity contribution is -0.165. The molecule has 0 atom stereocenters. The standard InChI is InChI=1S/C8H15NO2S/c1-7(2)12-6-8(10)9-4-3-5-11-9/h7H,3-6H2,1-2H3. The summed E-state index contributed by atoms with van der Waals surface area (Å²) in [5.74, 6) is 0.642. The van der Waals surface area contributed by atoms with Crippen LogP contribution in [0.4, 0.5) is 0 Å². The van der Waals surface area contributed by atoms with E-state index in [0.717, 1.165) is 13.0 Å². The molecule has 0 bridgehead atoms. The maximum Gasteiger partial charge on any atom is 0.256 e. The van der Waals surface area contributed by atoms with Crippen molar-refractivity contribution in [3.63, 3.8) is 0 Å². The van der Waals surface area contributed by atoms with Crippen LogP contribution in [0.15, 0.2) is 0 Å². The van der Waals surface area contributed by atoms with Gasteiger partial charge in [-0.3, -0.25) is 9.63 Å². The van der Waals surface area contributed by atoms with Crippen LogP contribution in [0.3, 0.4) is 0 Å². The van der Waals surface area contributed by atoms with Gasteiger partial charge in [-0.15, -0.1) is 11.8 Å². The van der Waals surface area contributed by atoms with Gasteiger partial charge >= 0.3 is 0 Å². The number of hydroxylamine groups is 2. The summed E-state index contributed by atoms with van der Waals surface area (Å²) in [6.45, 7) is 5.63. The lowest BCUT2D eigenvalue weighted by Crippen LogP contribution is -2.28. The minimum Gasteiger partial charge on any atom is -0.272 e. The van der Waals surface area contributed by atoms with Crippen molar-refractivity contribution in [2.75, 3.05) is 18.9 Å². The van der Waals surface area contributed by atoms with E-state index in [9.17, 15) is 4.79 Å². The van der Waals surface area contributed by atoms with Crippen LogP contribution < -0.4 is 0 Å². The third-order valence-electron chi connectivity index (χ3n) is 1.57. The highest BCUT2D eigenvalue weighted by Crippen LogP contribution is 2.12. The van der Waals surface area contributed by atoms with Gasteiger partial charge in [0.25, 0.3) is 5.91 Å². The molecular formula is C8H15NO2S. The van der Waals surface area contributed by atoms with E-state index in [4.69, 9.17) is 4.84 Å². The fourth-order valence-corrected chi connectivity index (χ4v) is 1.57. The third kappa shape index (κ3) is 3.03. The van der Waals surface area contributed by atoms with Gasteiger partial charge in [-0.05, 0) is 11.7 Å². The molecule has 1 aliphatic heterocycles. The first-order chi connectivity index (χ1) is 5.70. The quantitative estimate of drug-likeness (QED) is 0.670. The number of hydrogen-bond donors (Lipinski definition) is 0. The summed E-state index contributed by atoms with van der Waals surface area (Å²) in [7, 11) is 0. The van der Waals surface area contributed by atoms with Gasteiger partial charge in [0.1, 0.15) is 0 Å². The van der Waals surface area contributed by atoms with E-state index in [2.05, 4.69) is 13.8 Å². The third-order valence-corrected chi connectivity index (χ3v) is 2.65. The highest BCUT2D eigenvalue weighted by Gasteiger charge is 2.18. The normalized spacial score (nSPS) is 17.4. The van der Waals surface area contributed by atoms with Crippen LogP contribution in [0.5, 0.6) is 0 Å². The SMILES string of the molecule is CC(C)SCC(=O)N1CCCO1. The van der Waals surface area contributed by atoms with Crippen LogP contribution >= 0.6 is 11.8 Å². The number of carbonyl (C=O) groups excluding carboxylic acids is 1. The first-order valence-electron chi connectivity index (χ1n) is 4.25. The van der Waals surface area contributed by atoms with Crippen LogP contribution in [0.2, 0.25) is 0 Å². The van der Waals surface area contributed by atoms with Crippen LogP contribution in [0, 0.1) is 0 Å². The van der Waals surface area contributed by atoms with E-state index in [1.54, 1.807) is 11.8 Å². The van der Waals surface area contributed by atoms with E-state index in [0.29, 0.717) is 17.6 Å². The van der Waals surface area contributed by atoms with E-state index in [1.807, 2.05) is 0 Å². The Balaban J connectivity index is 2.18. The average molecular weight is 189 g/mol. The summed E-state index contributed by atoms with van der Waals surface area (Å²) in [4.78, 5) is 16.4. The van der Waals surface area contributed by atoms with Gasteiger partial charge in [0, 0.05) is 0 Å². The zero-order valence-corrected chi connectivity index (χ0v) is 8.39. The Morgan fingerprint density at radius 2 is 2.42 bits per heavy atom. The summed E-state index contributed by atoms with van der Waals surface area (Å²) in [6, 6.07) is 0. The molecule has 1 aliphatic rings. The Kier molecular flexibility index (Phi) is 3.88. The van der Waals surface area contributed by atoms with Gasteiger partial charge in [-0.2, -0.15) is 0 Å². The molecule has 1 heterocycles. The van der Waals surface area contributed by atoms with Crippen molar-refractivity contribution in [2.45, 2.75) is 25.5 Å². The highest BCUT2D eigenvalue weighted by molar-refractivity contribution is 8.00. The van der Waals surface area contributed by atoms with Gasteiger partial charge in [0.2, 0.25) is 0 Å². The molecule has 70 valence electrons. The number of amides is 1.